The zero-order valence-corrected chi connectivity index (χ0v) is 15.4. The van der Waals surface area contributed by atoms with E-state index in [1.807, 2.05) is 31.5 Å². The molecule has 0 saturated carbocycles. The first-order valence-electron chi connectivity index (χ1n) is 8.49. The van der Waals surface area contributed by atoms with Crippen LogP contribution in [-0.2, 0) is 19.5 Å². The summed E-state index contributed by atoms with van der Waals surface area (Å²) >= 11 is 1.90. The average molecular weight is 343 g/mol. The van der Waals surface area contributed by atoms with Crippen LogP contribution >= 0.6 is 11.3 Å². The van der Waals surface area contributed by atoms with Crippen molar-refractivity contribution in [2.45, 2.75) is 19.5 Å². The second kappa shape index (κ2) is 8.31. The third-order valence-electron chi connectivity index (χ3n) is 4.28. The van der Waals surface area contributed by atoms with E-state index in [9.17, 15) is 0 Å². The molecule has 24 heavy (non-hydrogen) atoms. The van der Waals surface area contributed by atoms with E-state index in [1.54, 1.807) is 4.88 Å². The molecule has 1 aromatic carbocycles. The van der Waals surface area contributed by atoms with Gasteiger partial charge in [0, 0.05) is 45.2 Å². The van der Waals surface area contributed by atoms with E-state index in [2.05, 4.69) is 50.8 Å². The van der Waals surface area contributed by atoms with Gasteiger partial charge >= 0.3 is 0 Å². The molecule has 0 atom stereocenters. The van der Waals surface area contributed by atoms with Crippen LogP contribution < -0.4 is 5.32 Å². The molecule has 0 bridgehead atoms. The summed E-state index contributed by atoms with van der Waals surface area (Å²) in [6.07, 6.45) is 1.19. The summed E-state index contributed by atoms with van der Waals surface area (Å²) in [7, 11) is 4.07. The van der Waals surface area contributed by atoms with Crippen LogP contribution in [0.3, 0.4) is 0 Å². The zero-order valence-electron chi connectivity index (χ0n) is 14.5. The van der Waals surface area contributed by atoms with Crippen LogP contribution in [-0.4, -0.2) is 49.5 Å². The highest BCUT2D eigenvalue weighted by molar-refractivity contribution is 7.10. The molecule has 1 aliphatic heterocycles. The number of nitrogens with one attached hydrogen (secondary N) is 1. The normalized spacial score (nSPS) is 15.2. The molecule has 0 unspecified atom stereocenters. The van der Waals surface area contributed by atoms with Crippen molar-refractivity contribution in [3.63, 3.8) is 0 Å². The fourth-order valence-corrected chi connectivity index (χ4v) is 3.82. The monoisotopic (exact) mass is 342 g/mol. The Morgan fingerprint density at radius 2 is 2.08 bits per heavy atom. The van der Waals surface area contributed by atoms with E-state index in [0.717, 1.165) is 32.1 Å². The van der Waals surface area contributed by atoms with Gasteiger partial charge in [0.15, 0.2) is 5.96 Å². The van der Waals surface area contributed by atoms with E-state index in [4.69, 9.17) is 4.99 Å². The minimum atomic E-state index is 0.712. The summed E-state index contributed by atoms with van der Waals surface area (Å²) < 4.78 is 0. The minimum Gasteiger partial charge on any atom is -0.355 e. The molecule has 1 N–H and O–H groups in total. The van der Waals surface area contributed by atoms with Crippen LogP contribution in [0.5, 0.6) is 0 Å². The molecule has 0 amide bonds. The summed E-state index contributed by atoms with van der Waals surface area (Å²) in [6, 6.07) is 12.7. The number of fused-ring (bicyclic) bond motifs is 1. The molecule has 0 saturated heterocycles. The van der Waals surface area contributed by atoms with Gasteiger partial charge in [-0.1, -0.05) is 30.3 Å². The minimum absolute atomic E-state index is 0.712. The standard InChI is InChI=1S/C19H26N4S/c1-22(2)19(21-14-16-6-4-3-5-7-16)20-10-12-23-11-8-18-17(15-23)9-13-24-18/h3-7,9,13H,8,10-12,14-15H2,1-2H3,(H,20,21). The van der Waals surface area contributed by atoms with Crippen LogP contribution in [0.2, 0.25) is 0 Å². The number of nitrogens with zero attached hydrogens (tertiary/aromatic N) is 3. The van der Waals surface area contributed by atoms with Crippen molar-refractivity contribution >= 4 is 17.3 Å². The van der Waals surface area contributed by atoms with Crippen molar-refractivity contribution in [3.05, 3.63) is 57.8 Å². The smallest absolute Gasteiger partial charge is 0.193 e. The lowest BCUT2D eigenvalue weighted by Gasteiger charge is -2.27. The molecule has 5 heteroatoms. The highest BCUT2D eigenvalue weighted by Crippen LogP contribution is 2.23. The largest absolute Gasteiger partial charge is 0.355 e. The van der Waals surface area contributed by atoms with Crippen molar-refractivity contribution in [3.8, 4) is 0 Å². The molecule has 3 rings (SSSR count). The topological polar surface area (TPSA) is 30.9 Å². The van der Waals surface area contributed by atoms with Gasteiger partial charge in [0.2, 0.25) is 0 Å². The van der Waals surface area contributed by atoms with Crippen molar-refractivity contribution in [1.82, 2.24) is 15.1 Å². The van der Waals surface area contributed by atoms with Crippen LogP contribution in [0.25, 0.3) is 0 Å². The molecule has 0 aliphatic carbocycles. The Morgan fingerprint density at radius 1 is 1.25 bits per heavy atom. The quantitative estimate of drug-likeness (QED) is 0.670. The van der Waals surface area contributed by atoms with Crippen LogP contribution in [0.4, 0.5) is 0 Å². The SMILES string of the molecule is CN(C)C(=NCc1ccccc1)NCCN1CCc2sccc2C1. The second-order valence-corrected chi connectivity index (χ2v) is 7.34. The fraction of sp³-hybridized carbons (Fsp3) is 0.421. The van der Waals surface area contributed by atoms with Gasteiger partial charge in [0.1, 0.15) is 0 Å². The number of hydrogen-bond acceptors (Lipinski definition) is 3. The number of hydrogen-bond donors (Lipinski definition) is 1. The van der Waals surface area contributed by atoms with Crippen molar-refractivity contribution in [2.24, 2.45) is 4.99 Å². The molecule has 2 aromatic rings. The maximum absolute atomic E-state index is 4.72. The maximum atomic E-state index is 4.72. The van der Waals surface area contributed by atoms with Gasteiger partial charge in [-0.2, -0.15) is 0 Å². The first kappa shape index (κ1) is 17.0. The zero-order chi connectivity index (χ0) is 16.8. The summed E-state index contributed by atoms with van der Waals surface area (Å²) in [5.74, 6) is 0.951. The van der Waals surface area contributed by atoms with Gasteiger partial charge in [-0.3, -0.25) is 4.90 Å². The first-order chi connectivity index (χ1) is 11.7. The third kappa shape index (κ3) is 4.58. The molecule has 2 heterocycles. The molecule has 128 valence electrons. The Morgan fingerprint density at radius 3 is 2.88 bits per heavy atom. The van der Waals surface area contributed by atoms with Crippen LogP contribution in [0.1, 0.15) is 16.0 Å². The van der Waals surface area contributed by atoms with Crippen molar-refractivity contribution in [2.75, 3.05) is 33.7 Å². The molecule has 4 nitrogen and oxygen atoms in total. The van der Waals surface area contributed by atoms with Gasteiger partial charge in [-0.25, -0.2) is 4.99 Å². The van der Waals surface area contributed by atoms with Crippen molar-refractivity contribution in [1.29, 1.82) is 0 Å². The van der Waals surface area contributed by atoms with Gasteiger partial charge in [-0.15, -0.1) is 11.3 Å². The first-order valence-corrected chi connectivity index (χ1v) is 9.37. The number of rotatable bonds is 5. The van der Waals surface area contributed by atoms with Crippen molar-refractivity contribution < 1.29 is 0 Å². The predicted molar refractivity (Wildman–Crippen MR) is 103 cm³/mol. The lowest BCUT2D eigenvalue weighted by atomic mass is 10.1. The van der Waals surface area contributed by atoms with Gasteiger partial charge in [-0.05, 0) is 29.0 Å². The molecule has 1 aliphatic rings. The Kier molecular flexibility index (Phi) is 5.88. The Balaban J connectivity index is 1.48. The molecule has 0 radical (unpaired) electrons. The number of guanidine groups is 1. The third-order valence-corrected chi connectivity index (χ3v) is 5.30. The number of aliphatic imine (C=N–C) groups is 1. The maximum Gasteiger partial charge on any atom is 0.193 e. The van der Waals surface area contributed by atoms with E-state index in [1.165, 1.54) is 17.5 Å². The number of benzene rings is 1. The van der Waals surface area contributed by atoms with E-state index in [-0.39, 0.29) is 0 Å². The summed E-state index contributed by atoms with van der Waals surface area (Å²) in [4.78, 5) is 10.9. The molecule has 0 fully saturated rings. The Bertz CT molecular complexity index is 663. The van der Waals surface area contributed by atoms with E-state index in [0.29, 0.717) is 6.54 Å². The number of thiophene rings is 1. The second-order valence-electron chi connectivity index (χ2n) is 6.34. The van der Waals surface area contributed by atoms with Gasteiger partial charge < -0.3 is 10.2 Å². The molecular formula is C19H26N4S. The lowest BCUT2D eigenvalue weighted by Crippen LogP contribution is -2.42. The highest BCUT2D eigenvalue weighted by atomic mass is 32.1. The molecule has 0 spiro atoms. The van der Waals surface area contributed by atoms with Crippen LogP contribution in [0.15, 0.2) is 46.8 Å². The van der Waals surface area contributed by atoms with E-state index < -0.39 is 0 Å². The lowest BCUT2D eigenvalue weighted by molar-refractivity contribution is 0.259. The Hall–Kier alpha value is -1.85. The summed E-state index contributed by atoms with van der Waals surface area (Å²) in [5, 5.41) is 5.71. The van der Waals surface area contributed by atoms with Gasteiger partial charge in [0.05, 0.1) is 6.54 Å². The molecule has 1 aromatic heterocycles. The Labute approximate surface area is 148 Å². The molecular weight excluding hydrogens is 316 g/mol. The average Bonchev–Trinajstić information content (AvgIpc) is 3.06. The van der Waals surface area contributed by atoms with E-state index >= 15 is 0 Å². The van der Waals surface area contributed by atoms with Crippen LogP contribution in [0, 0.1) is 0 Å². The van der Waals surface area contributed by atoms with Gasteiger partial charge in [0.25, 0.3) is 0 Å². The highest BCUT2D eigenvalue weighted by Gasteiger charge is 2.16. The predicted octanol–water partition coefficient (Wildman–Crippen LogP) is 2.81. The summed E-state index contributed by atoms with van der Waals surface area (Å²) in [6.45, 7) is 4.93. The summed E-state index contributed by atoms with van der Waals surface area (Å²) in [5.41, 5.74) is 2.75. The fourth-order valence-electron chi connectivity index (χ4n) is 2.93.